The molecule has 0 rings (SSSR count). The van der Waals surface area contributed by atoms with Crippen LogP contribution in [0.25, 0.3) is 0 Å². The Morgan fingerprint density at radius 1 is 1.33 bits per heavy atom. The van der Waals surface area contributed by atoms with Crippen LogP contribution in [0, 0.1) is 0 Å². The quantitative estimate of drug-likeness (QED) is 0.262. The third kappa shape index (κ3) is 10.4. The van der Waals surface area contributed by atoms with Gasteiger partial charge in [-0.15, -0.1) is 0 Å². The molecule has 0 aromatic heterocycles. The maximum atomic E-state index is 5.88. The highest BCUT2D eigenvalue weighted by molar-refractivity contribution is 8.68. The van der Waals surface area contributed by atoms with Crippen molar-refractivity contribution in [1.82, 2.24) is 5.09 Å². The highest BCUT2D eigenvalue weighted by Crippen LogP contribution is 2.56. The Morgan fingerprint density at radius 2 is 2.00 bits per heavy atom. The standard InChI is InChI=1S/C12H27N2OPS2/c1-5-7-9-13-11-14-16(17,15-12(3)4)18-10-8-6-2/h11-12H,5-10H2,1-4H3,(H,13,14,17). The van der Waals surface area contributed by atoms with Crippen LogP contribution in [0.5, 0.6) is 0 Å². The topological polar surface area (TPSA) is 33.6 Å². The highest BCUT2D eigenvalue weighted by atomic mass is 32.9. The van der Waals surface area contributed by atoms with E-state index in [-0.39, 0.29) is 6.10 Å². The minimum absolute atomic E-state index is 0.154. The monoisotopic (exact) mass is 310 g/mol. The molecule has 0 radical (unpaired) electrons. The Hall–Kier alpha value is 0.430. The van der Waals surface area contributed by atoms with Crippen LogP contribution in [-0.4, -0.2) is 24.7 Å². The van der Waals surface area contributed by atoms with Gasteiger partial charge in [-0.2, -0.15) is 0 Å². The van der Waals surface area contributed by atoms with Crippen LogP contribution in [-0.2, 0) is 16.3 Å². The first-order valence-electron chi connectivity index (χ1n) is 6.73. The number of hydrogen-bond acceptors (Lipinski definition) is 4. The first-order chi connectivity index (χ1) is 8.54. The van der Waals surface area contributed by atoms with E-state index in [2.05, 4.69) is 23.9 Å². The summed E-state index contributed by atoms with van der Waals surface area (Å²) in [6, 6.07) is 0. The van der Waals surface area contributed by atoms with Gasteiger partial charge in [-0.3, -0.25) is 4.99 Å². The third-order valence-corrected chi connectivity index (χ3v) is 7.66. The van der Waals surface area contributed by atoms with Crippen molar-refractivity contribution in [3.05, 3.63) is 0 Å². The summed E-state index contributed by atoms with van der Waals surface area (Å²) in [4.78, 5) is 4.31. The molecule has 6 heteroatoms. The Labute approximate surface area is 121 Å². The van der Waals surface area contributed by atoms with Crippen molar-refractivity contribution in [2.45, 2.75) is 59.5 Å². The largest absolute Gasteiger partial charge is 0.324 e. The zero-order valence-corrected chi connectivity index (χ0v) is 14.5. The van der Waals surface area contributed by atoms with E-state index < -0.39 is 5.62 Å². The van der Waals surface area contributed by atoms with Crippen molar-refractivity contribution in [2.24, 2.45) is 4.99 Å². The van der Waals surface area contributed by atoms with Gasteiger partial charge in [-0.05, 0) is 38.5 Å². The molecule has 0 spiro atoms. The normalized spacial score (nSPS) is 15.2. The molecule has 0 heterocycles. The fraction of sp³-hybridized carbons (Fsp3) is 0.917. The lowest BCUT2D eigenvalue weighted by Crippen LogP contribution is -2.12. The van der Waals surface area contributed by atoms with E-state index >= 15 is 0 Å². The molecular formula is C12H27N2OPS2. The number of unbranched alkanes of at least 4 members (excludes halogenated alkanes) is 2. The fourth-order valence-electron chi connectivity index (χ4n) is 1.13. The molecule has 0 aliphatic rings. The predicted molar refractivity (Wildman–Crippen MR) is 89.3 cm³/mol. The van der Waals surface area contributed by atoms with E-state index in [1.807, 2.05) is 13.8 Å². The van der Waals surface area contributed by atoms with Gasteiger partial charge in [0.25, 0.3) is 0 Å². The van der Waals surface area contributed by atoms with E-state index in [4.69, 9.17) is 16.3 Å². The second-order valence-electron chi connectivity index (χ2n) is 4.36. The van der Waals surface area contributed by atoms with Crippen LogP contribution in [0.4, 0.5) is 0 Å². The fourth-order valence-corrected chi connectivity index (χ4v) is 6.26. The first-order valence-corrected chi connectivity index (χ1v) is 11.0. The van der Waals surface area contributed by atoms with Crippen molar-refractivity contribution in [1.29, 1.82) is 0 Å². The van der Waals surface area contributed by atoms with Gasteiger partial charge in [0, 0.05) is 12.3 Å². The number of nitrogens with one attached hydrogen (secondary N) is 1. The molecule has 0 bridgehead atoms. The molecule has 0 saturated carbocycles. The van der Waals surface area contributed by atoms with Crippen molar-refractivity contribution >= 4 is 35.1 Å². The second-order valence-corrected chi connectivity index (χ2v) is 11.0. The smallest absolute Gasteiger partial charge is 0.211 e. The molecule has 1 unspecified atom stereocenters. The minimum atomic E-state index is -2.00. The second kappa shape index (κ2) is 11.3. The molecular weight excluding hydrogens is 283 g/mol. The number of rotatable bonds is 11. The van der Waals surface area contributed by atoms with Crippen molar-refractivity contribution in [3.63, 3.8) is 0 Å². The molecule has 0 aromatic carbocycles. The minimum Gasteiger partial charge on any atom is -0.324 e. The average molecular weight is 310 g/mol. The van der Waals surface area contributed by atoms with Crippen LogP contribution in [0.1, 0.15) is 53.4 Å². The molecule has 1 N–H and O–H groups in total. The molecule has 108 valence electrons. The van der Waals surface area contributed by atoms with Gasteiger partial charge in [-0.25, -0.2) is 0 Å². The van der Waals surface area contributed by atoms with E-state index in [1.54, 1.807) is 17.7 Å². The molecule has 18 heavy (non-hydrogen) atoms. The third-order valence-electron chi connectivity index (χ3n) is 2.06. The maximum Gasteiger partial charge on any atom is 0.211 e. The summed E-state index contributed by atoms with van der Waals surface area (Å²) in [5, 5.41) is 3.22. The van der Waals surface area contributed by atoms with E-state index in [0.29, 0.717) is 0 Å². The SMILES string of the molecule is CCCCN=CNP(=S)(OC(C)C)SCCCC. The number of aliphatic imine (C=N–C) groups is 1. The van der Waals surface area contributed by atoms with Crippen LogP contribution < -0.4 is 5.09 Å². The number of hydrogen-bond donors (Lipinski definition) is 1. The van der Waals surface area contributed by atoms with Crippen LogP contribution in [0.3, 0.4) is 0 Å². The van der Waals surface area contributed by atoms with Crippen LogP contribution in [0.2, 0.25) is 0 Å². The lowest BCUT2D eigenvalue weighted by Gasteiger charge is -2.23. The van der Waals surface area contributed by atoms with Gasteiger partial charge in [0.15, 0.2) is 0 Å². The Bertz CT molecular complexity index is 273. The van der Waals surface area contributed by atoms with Crippen molar-refractivity contribution in [2.75, 3.05) is 12.3 Å². The summed E-state index contributed by atoms with van der Waals surface area (Å²) in [5.74, 6) is 1.05. The molecule has 0 saturated heterocycles. The van der Waals surface area contributed by atoms with Gasteiger partial charge in [-0.1, -0.05) is 38.1 Å². The molecule has 1 atom stereocenters. The van der Waals surface area contributed by atoms with E-state index in [9.17, 15) is 0 Å². The summed E-state index contributed by atoms with van der Waals surface area (Å²) in [5.41, 5.74) is -2.00. The number of nitrogens with zero attached hydrogens (tertiary/aromatic N) is 1. The summed E-state index contributed by atoms with van der Waals surface area (Å²) >= 11 is 7.36. The summed E-state index contributed by atoms with van der Waals surface area (Å²) in [6.45, 7) is 9.26. The van der Waals surface area contributed by atoms with Gasteiger partial charge in [0.2, 0.25) is 5.62 Å². The summed E-state index contributed by atoms with van der Waals surface area (Å²) in [7, 11) is 0. The van der Waals surface area contributed by atoms with Gasteiger partial charge < -0.3 is 9.61 Å². The average Bonchev–Trinajstić information content (AvgIpc) is 2.28. The molecule has 0 amide bonds. The molecule has 3 nitrogen and oxygen atoms in total. The van der Waals surface area contributed by atoms with E-state index in [1.165, 1.54) is 19.3 Å². The maximum absolute atomic E-state index is 5.88. The Kier molecular flexibility index (Phi) is 11.5. The van der Waals surface area contributed by atoms with E-state index in [0.717, 1.165) is 18.7 Å². The lowest BCUT2D eigenvalue weighted by molar-refractivity contribution is 0.274. The summed E-state index contributed by atoms with van der Waals surface area (Å²) in [6.07, 6.45) is 6.56. The van der Waals surface area contributed by atoms with Gasteiger partial charge in [0.05, 0.1) is 12.4 Å². The zero-order valence-electron chi connectivity index (χ0n) is 12.0. The van der Waals surface area contributed by atoms with Crippen molar-refractivity contribution in [3.8, 4) is 0 Å². The zero-order chi connectivity index (χ0) is 13.9. The first kappa shape index (κ1) is 18.4. The van der Waals surface area contributed by atoms with Gasteiger partial charge >= 0.3 is 0 Å². The molecule has 0 aromatic rings. The van der Waals surface area contributed by atoms with Crippen LogP contribution in [0.15, 0.2) is 4.99 Å². The predicted octanol–water partition coefficient (Wildman–Crippen LogP) is 4.59. The molecule has 0 aliphatic heterocycles. The molecule has 0 fully saturated rings. The highest BCUT2D eigenvalue weighted by Gasteiger charge is 2.18. The van der Waals surface area contributed by atoms with Crippen molar-refractivity contribution < 1.29 is 4.52 Å². The Morgan fingerprint density at radius 3 is 2.56 bits per heavy atom. The van der Waals surface area contributed by atoms with Crippen LogP contribution >= 0.6 is 17.0 Å². The molecule has 0 aliphatic carbocycles. The Balaban J connectivity index is 4.19. The summed E-state index contributed by atoms with van der Waals surface area (Å²) < 4.78 is 5.88. The van der Waals surface area contributed by atoms with Gasteiger partial charge in [0.1, 0.15) is 0 Å². The lowest BCUT2D eigenvalue weighted by atomic mass is 10.3.